The normalized spacial score (nSPS) is 10.5. The van der Waals surface area contributed by atoms with Gasteiger partial charge in [-0.05, 0) is 24.0 Å². The number of carbonyl (C=O) groups is 4. The van der Waals surface area contributed by atoms with Crippen LogP contribution in [-0.2, 0) is 51.0 Å². The minimum absolute atomic E-state index is 0.106. The maximum absolute atomic E-state index is 12.0. The van der Waals surface area contributed by atoms with Gasteiger partial charge in [-0.1, -0.05) is 67.2 Å². The second-order valence-electron chi connectivity index (χ2n) is 8.29. The average molecular weight is 511 g/mol. The highest BCUT2D eigenvalue weighted by atomic mass is 16.5. The number of ether oxygens (including phenoxy) is 4. The van der Waals surface area contributed by atoms with Gasteiger partial charge in [0.25, 0.3) is 0 Å². The third-order valence-electron chi connectivity index (χ3n) is 5.21. The van der Waals surface area contributed by atoms with E-state index in [4.69, 9.17) is 18.9 Å². The van der Waals surface area contributed by atoms with E-state index in [0.717, 1.165) is 24.0 Å². The van der Waals surface area contributed by atoms with Crippen LogP contribution < -0.4 is 0 Å². The second-order valence-corrected chi connectivity index (χ2v) is 8.29. The van der Waals surface area contributed by atoms with Gasteiger partial charge in [0.15, 0.2) is 11.6 Å². The zero-order valence-corrected chi connectivity index (χ0v) is 21.0. The molecule has 2 aromatic carbocycles. The molecule has 0 aliphatic heterocycles. The van der Waals surface area contributed by atoms with Crippen LogP contribution in [0.25, 0.3) is 0 Å². The predicted molar refractivity (Wildman–Crippen MR) is 137 cm³/mol. The molecule has 0 heterocycles. The van der Waals surface area contributed by atoms with Gasteiger partial charge in [0.05, 0.1) is 32.8 Å². The number of Topliss-reactive ketones (excluding diaryl/α,β-unsaturated/α-hetero) is 2. The molecule has 0 saturated carbocycles. The fourth-order valence-electron chi connectivity index (χ4n) is 3.10. The third-order valence-corrected chi connectivity index (χ3v) is 5.21. The second kappa shape index (κ2) is 17.8. The van der Waals surface area contributed by atoms with Gasteiger partial charge in [-0.2, -0.15) is 0 Å². The summed E-state index contributed by atoms with van der Waals surface area (Å²) in [5.41, 5.74) is 2.13. The van der Waals surface area contributed by atoms with Crippen molar-refractivity contribution in [3.05, 3.63) is 83.9 Å². The first kappa shape index (κ1) is 29.6. The molecule has 8 heteroatoms. The van der Waals surface area contributed by atoms with Crippen LogP contribution in [0, 0.1) is 0 Å². The first-order valence-electron chi connectivity index (χ1n) is 12.2. The van der Waals surface area contributed by atoms with Crippen LogP contribution in [0.4, 0.5) is 0 Å². The molecule has 0 N–H and O–H groups in total. The maximum atomic E-state index is 12.0. The summed E-state index contributed by atoms with van der Waals surface area (Å²) in [4.78, 5) is 47.6. The van der Waals surface area contributed by atoms with Gasteiger partial charge < -0.3 is 18.9 Å². The monoisotopic (exact) mass is 510 g/mol. The minimum Gasteiger partial charge on any atom is -0.457 e. The molecule has 0 spiro atoms. The smallest absolute Gasteiger partial charge is 0.334 e. The molecule has 198 valence electrons. The van der Waals surface area contributed by atoms with E-state index in [1.54, 1.807) is 0 Å². The lowest BCUT2D eigenvalue weighted by atomic mass is 10.2. The lowest BCUT2D eigenvalue weighted by Gasteiger charge is -2.08. The molecule has 0 unspecified atom stereocenters. The molecular weight excluding hydrogens is 476 g/mol. The molecule has 0 aliphatic rings. The van der Waals surface area contributed by atoms with E-state index >= 15 is 0 Å². The summed E-state index contributed by atoms with van der Waals surface area (Å²) in [6, 6.07) is 19.7. The summed E-state index contributed by atoms with van der Waals surface area (Å²) < 4.78 is 20.7. The van der Waals surface area contributed by atoms with Crippen LogP contribution in [-0.4, -0.2) is 63.1 Å². The van der Waals surface area contributed by atoms with Gasteiger partial charge >= 0.3 is 11.9 Å². The van der Waals surface area contributed by atoms with Crippen molar-refractivity contribution in [1.29, 1.82) is 0 Å². The van der Waals surface area contributed by atoms with E-state index in [1.165, 1.54) is 0 Å². The Morgan fingerprint density at radius 2 is 1.08 bits per heavy atom. The van der Waals surface area contributed by atoms with E-state index in [1.807, 2.05) is 60.7 Å². The highest BCUT2D eigenvalue weighted by Gasteiger charge is 2.16. The summed E-state index contributed by atoms with van der Waals surface area (Å²) in [7, 11) is 0. The van der Waals surface area contributed by atoms with Crippen LogP contribution in [0.1, 0.15) is 30.4 Å². The van der Waals surface area contributed by atoms with Crippen LogP contribution in [0.2, 0.25) is 0 Å². The molecule has 0 fully saturated rings. The Hall–Kier alpha value is -3.62. The van der Waals surface area contributed by atoms with Crippen molar-refractivity contribution in [1.82, 2.24) is 0 Å². The van der Waals surface area contributed by atoms with Gasteiger partial charge in [0, 0.05) is 18.4 Å². The van der Waals surface area contributed by atoms with Gasteiger partial charge in [-0.15, -0.1) is 0 Å². The van der Waals surface area contributed by atoms with Gasteiger partial charge in [0.2, 0.25) is 0 Å². The summed E-state index contributed by atoms with van der Waals surface area (Å²) >= 11 is 0. The van der Waals surface area contributed by atoms with Crippen molar-refractivity contribution in [3.8, 4) is 0 Å². The van der Waals surface area contributed by atoms with Crippen molar-refractivity contribution < 1.29 is 38.1 Å². The molecule has 0 saturated heterocycles. The molecular formula is C29H34O8. The van der Waals surface area contributed by atoms with Crippen molar-refractivity contribution in [3.63, 3.8) is 0 Å². The van der Waals surface area contributed by atoms with Crippen molar-refractivity contribution in [2.24, 2.45) is 0 Å². The summed E-state index contributed by atoms with van der Waals surface area (Å²) in [5.74, 6) is -2.25. The maximum Gasteiger partial charge on any atom is 0.334 e. The minimum atomic E-state index is -0.867. The Balaban J connectivity index is 1.47. The highest BCUT2D eigenvalue weighted by Crippen LogP contribution is 2.05. The number of hydrogen-bond donors (Lipinski definition) is 0. The Morgan fingerprint density at radius 1 is 0.622 bits per heavy atom. The molecule has 0 bridgehead atoms. The fraction of sp³-hybridized carbons (Fsp3) is 0.379. The van der Waals surface area contributed by atoms with Crippen molar-refractivity contribution >= 4 is 23.5 Å². The third kappa shape index (κ3) is 13.9. The molecule has 2 rings (SSSR count). The Morgan fingerprint density at radius 3 is 1.57 bits per heavy atom. The Labute approximate surface area is 217 Å². The van der Waals surface area contributed by atoms with Crippen molar-refractivity contribution in [2.45, 2.75) is 32.1 Å². The Bertz CT molecular complexity index is 1000. The van der Waals surface area contributed by atoms with E-state index in [9.17, 15) is 19.2 Å². The standard InChI is InChI=1S/C29H34O8/c1-23(29(33)37-22-27(31)15-19-35-17-13-25-10-6-3-7-11-25)20-28(32)36-21-26(30)14-18-34-16-12-24-8-4-2-5-9-24/h2-11H,1,12-22H2. The van der Waals surface area contributed by atoms with E-state index < -0.39 is 31.6 Å². The first-order valence-corrected chi connectivity index (χ1v) is 12.2. The topological polar surface area (TPSA) is 105 Å². The number of benzene rings is 2. The van der Waals surface area contributed by atoms with Gasteiger partial charge in [0.1, 0.15) is 13.2 Å². The van der Waals surface area contributed by atoms with E-state index in [-0.39, 0.29) is 43.2 Å². The van der Waals surface area contributed by atoms with Gasteiger partial charge in [-0.25, -0.2) is 4.79 Å². The molecule has 0 atom stereocenters. The molecule has 2 aromatic rings. The zero-order chi connectivity index (χ0) is 26.7. The number of carbonyl (C=O) groups excluding carboxylic acids is 4. The number of hydrogen-bond acceptors (Lipinski definition) is 8. The lowest BCUT2D eigenvalue weighted by Crippen LogP contribution is -2.20. The van der Waals surface area contributed by atoms with E-state index in [0.29, 0.717) is 13.2 Å². The molecule has 8 nitrogen and oxygen atoms in total. The summed E-state index contributed by atoms with van der Waals surface area (Å²) in [5, 5.41) is 0. The summed E-state index contributed by atoms with van der Waals surface area (Å²) in [6.45, 7) is 4.08. The van der Waals surface area contributed by atoms with Crippen LogP contribution in [0.5, 0.6) is 0 Å². The highest BCUT2D eigenvalue weighted by molar-refractivity contribution is 5.95. The van der Waals surface area contributed by atoms with Crippen molar-refractivity contribution in [2.75, 3.05) is 39.6 Å². The summed E-state index contributed by atoms with van der Waals surface area (Å²) in [6.07, 6.45) is 1.28. The number of ketones is 2. The molecule has 0 amide bonds. The first-order chi connectivity index (χ1) is 17.9. The number of esters is 2. The van der Waals surface area contributed by atoms with Crippen LogP contribution >= 0.6 is 0 Å². The molecule has 0 aromatic heterocycles. The number of rotatable bonds is 19. The van der Waals surface area contributed by atoms with Gasteiger partial charge in [-0.3, -0.25) is 14.4 Å². The molecule has 37 heavy (non-hydrogen) atoms. The quantitative estimate of drug-likeness (QED) is 0.161. The molecule has 0 aliphatic carbocycles. The Kier molecular flexibility index (Phi) is 14.2. The average Bonchev–Trinajstić information content (AvgIpc) is 2.91. The molecule has 0 radical (unpaired) electrons. The van der Waals surface area contributed by atoms with Crippen LogP contribution in [0.15, 0.2) is 72.8 Å². The SMILES string of the molecule is C=C(CC(=O)OCC(=O)CCOCCc1ccccc1)C(=O)OCC(=O)CCOCCc1ccccc1. The lowest BCUT2D eigenvalue weighted by molar-refractivity contribution is -0.150. The fourth-order valence-corrected chi connectivity index (χ4v) is 3.10. The predicted octanol–water partition coefficient (Wildman–Crippen LogP) is 3.46. The largest absolute Gasteiger partial charge is 0.457 e. The zero-order valence-electron chi connectivity index (χ0n) is 21.0. The van der Waals surface area contributed by atoms with Crippen LogP contribution in [0.3, 0.4) is 0 Å². The van der Waals surface area contributed by atoms with E-state index in [2.05, 4.69) is 6.58 Å².